The van der Waals surface area contributed by atoms with E-state index in [4.69, 9.17) is 0 Å². The largest absolute Gasteiger partial charge is 0.335 e. The van der Waals surface area contributed by atoms with E-state index in [1.165, 1.54) is 25.7 Å². The summed E-state index contributed by atoms with van der Waals surface area (Å²) in [6, 6.07) is 7.91. The van der Waals surface area contributed by atoms with Crippen LogP contribution in [-0.4, -0.2) is 51.8 Å². The van der Waals surface area contributed by atoms with Crippen LogP contribution in [0.1, 0.15) is 81.5 Å². The Morgan fingerprint density at radius 1 is 1.03 bits per heavy atom. The molecular formula is C24H31N3O3. The molecule has 160 valence electrons. The second-order valence-corrected chi connectivity index (χ2v) is 9.53. The summed E-state index contributed by atoms with van der Waals surface area (Å²) in [4.78, 5) is 45.5. The highest BCUT2D eigenvalue weighted by Crippen LogP contribution is 2.44. The summed E-state index contributed by atoms with van der Waals surface area (Å²) < 4.78 is 0. The molecule has 1 unspecified atom stereocenters. The lowest BCUT2D eigenvalue weighted by Gasteiger charge is -2.49. The summed E-state index contributed by atoms with van der Waals surface area (Å²) in [5, 5.41) is 0. The van der Waals surface area contributed by atoms with Gasteiger partial charge in [0.1, 0.15) is 12.2 Å². The minimum atomic E-state index is -0.769. The van der Waals surface area contributed by atoms with Crippen LogP contribution in [0.3, 0.4) is 0 Å². The van der Waals surface area contributed by atoms with E-state index in [9.17, 15) is 14.4 Å². The molecule has 2 aliphatic carbocycles. The maximum atomic E-state index is 13.7. The molecule has 1 saturated heterocycles. The van der Waals surface area contributed by atoms with Crippen molar-refractivity contribution in [3.8, 4) is 0 Å². The Bertz CT molecular complexity index is 856. The zero-order valence-electron chi connectivity index (χ0n) is 17.8. The Morgan fingerprint density at radius 2 is 1.63 bits per heavy atom. The Kier molecular flexibility index (Phi) is 4.83. The zero-order valence-corrected chi connectivity index (χ0v) is 17.8. The number of carbonyl (C=O) groups is 3. The fourth-order valence-electron chi connectivity index (χ4n) is 6.23. The Labute approximate surface area is 178 Å². The van der Waals surface area contributed by atoms with E-state index in [0.29, 0.717) is 36.2 Å². The Hall–Kier alpha value is -2.37. The van der Waals surface area contributed by atoms with Crippen molar-refractivity contribution >= 4 is 23.4 Å². The van der Waals surface area contributed by atoms with Crippen molar-refractivity contribution in [1.29, 1.82) is 0 Å². The molecule has 4 aliphatic rings. The third-order valence-electron chi connectivity index (χ3n) is 7.76. The van der Waals surface area contributed by atoms with Gasteiger partial charge in [0.2, 0.25) is 11.8 Å². The van der Waals surface area contributed by atoms with Gasteiger partial charge in [-0.05, 0) is 51.2 Å². The summed E-state index contributed by atoms with van der Waals surface area (Å²) in [6.45, 7) is 1.99. The van der Waals surface area contributed by atoms with Gasteiger partial charge >= 0.3 is 0 Å². The minimum absolute atomic E-state index is 0.0262. The fourth-order valence-corrected chi connectivity index (χ4v) is 6.23. The van der Waals surface area contributed by atoms with E-state index in [1.54, 1.807) is 15.9 Å². The maximum absolute atomic E-state index is 13.7. The van der Waals surface area contributed by atoms with Gasteiger partial charge in [-0.1, -0.05) is 37.8 Å². The SMILES string of the molecule is CC12CCC(=O)N1c1ccccc1C(=O)N2CC(=O)N(C1CCCC1)C1CCCC1. The van der Waals surface area contributed by atoms with Crippen LogP contribution in [0.25, 0.3) is 0 Å². The van der Waals surface area contributed by atoms with Gasteiger partial charge in [-0.3, -0.25) is 19.3 Å². The monoisotopic (exact) mass is 409 g/mol. The number of hydrogen-bond acceptors (Lipinski definition) is 3. The summed E-state index contributed by atoms with van der Waals surface area (Å²) in [7, 11) is 0. The number of nitrogens with zero attached hydrogens (tertiary/aromatic N) is 3. The first-order chi connectivity index (χ1) is 14.5. The van der Waals surface area contributed by atoms with E-state index in [2.05, 4.69) is 4.90 Å². The van der Waals surface area contributed by atoms with Crippen molar-refractivity contribution in [2.24, 2.45) is 0 Å². The van der Waals surface area contributed by atoms with E-state index >= 15 is 0 Å². The van der Waals surface area contributed by atoms with Gasteiger partial charge in [-0.15, -0.1) is 0 Å². The summed E-state index contributed by atoms with van der Waals surface area (Å²) in [5.74, 6) is -0.0504. The highest BCUT2D eigenvalue weighted by molar-refractivity contribution is 6.11. The molecule has 3 amide bonds. The van der Waals surface area contributed by atoms with Gasteiger partial charge in [-0.25, -0.2) is 0 Å². The molecule has 0 aromatic heterocycles. The van der Waals surface area contributed by atoms with E-state index in [1.807, 2.05) is 25.1 Å². The second-order valence-electron chi connectivity index (χ2n) is 9.53. The molecule has 30 heavy (non-hydrogen) atoms. The van der Waals surface area contributed by atoms with Crippen LogP contribution in [0, 0.1) is 0 Å². The van der Waals surface area contributed by atoms with Gasteiger partial charge in [0.15, 0.2) is 0 Å². The Balaban J connectivity index is 1.47. The molecule has 2 heterocycles. The molecule has 3 fully saturated rings. The number of anilines is 1. The number of fused-ring (bicyclic) bond motifs is 3. The molecule has 6 heteroatoms. The first kappa shape index (κ1) is 19.6. The third kappa shape index (κ3) is 2.95. The second kappa shape index (κ2) is 7.40. The molecule has 0 bridgehead atoms. The predicted octanol–water partition coefficient (Wildman–Crippen LogP) is 3.70. The maximum Gasteiger partial charge on any atom is 0.258 e. The van der Waals surface area contributed by atoms with Crippen LogP contribution >= 0.6 is 0 Å². The summed E-state index contributed by atoms with van der Waals surface area (Å²) in [5.41, 5.74) is 0.431. The topological polar surface area (TPSA) is 60.9 Å². The molecule has 6 nitrogen and oxygen atoms in total. The number of amides is 3. The molecule has 0 spiro atoms. The number of hydrogen-bond donors (Lipinski definition) is 0. The fraction of sp³-hybridized carbons (Fsp3) is 0.625. The van der Waals surface area contributed by atoms with Crippen LogP contribution in [0.2, 0.25) is 0 Å². The molecule has 0 radical (unpaired) electrons. The summed E-state index contributed by atoms with van der Waals surface area (Å²) >= 11 is 0. The molecule has 5 rings (SSSR count). The van der Waals surface area contributed by atoms with Crippen LogP contribution < -0.4 is 4.90 Å². The first-order valence-electron chi connectivity index (χ1n) is 11.6. The van der Waals surface area contributed by atoms with Crippen molar-refractivity contribution in [2.75, 3.05) is 11.4 Å². The normalized spacial score (nSPS) is 27.0. The lowest BCUT2D eigenvalue weighted by atomic mass is 9.98. The Morgan fingerprint density at radius 3 is 2.27 bits per heavy atom. The lowest BCUT2D eigenvalue weighted by Crippen LogP contribution is -2.64. The van der Waals surface area contributed by atoms with E-state index < -0.39 is 5.66 Å². The number of benzene rings is 1. The highest BCUT2D eigenvalue weighted by Gasteiger charge is 2.54. The minimum Gasteiger partial charge on any atom is -0.335 e. The van der Waals surface area contributed by atoms with Crippen LogP contribution in [-0.2, 0) is 9.59 Å². The van der Waals surface area contributed by atoms with Gasteiger partial charge in [0.25, 0.3) is 5.91 Å². The highest BCUT2D eigenvalue weighted by atomic mass is 16.2. The number of para-hydroxylation sites is 1. The molecule has 1 aromatic carbocycles. The molecular weight excluding hydrogens is 378 g/mol. The van der Waals surface area contributed by atoms with E-state index in [-0.39, 0.29) is 24.3 Å². The summed E-state index contributed by atoms with van der Waals surface area (Å²) in [6.07, 6.45) is 9.95. The van der Waals surface area contributed by atoms with Gasteiger partial charge in [0, 0.05) is 18.5 Å². The zero-order chi connectivity index (χ0) is 20.9. The average Bonchev–Trinajstić information content (AvgIpc) is 3.49. The first-order valence-corrected chi connectivity index (χ1v) is 11.6. The third-order valence-corrected chi connectivity index (χ3v) is 7.76. The number of rotatable bonds is 4. The number of carbonyl (C=O) groups excluding carboxylic acids is 3. The molecule has 0 N–H and O–H groups in total. The predicted molar refractivity (Wildman–Crippen MR) is 114 cm³/mol. The van der Waals surface area contributed by atoms with Crippen molar-refractivity contribution in [2.45, 2.75) is 88.9 Å². The van der Waals surface area contributed by atoms with Crippen LogP contribution in [0.4, 0.5) is 5.69 Å². The molecule has 2 aliphatic heterocycles. The smallest absolute Gasteiger partial charge is 0.258 e. The quantitative estimate of drug-likeness (QED) is 0.762. The van der Waals surface area contributed by atoms with Crippen LogP contribution in [0.15, 0.2) is 24.3 Å². The van der Waals surface area contributed by atoms with Crippen molar-refractivity contribution in [1.82, 2.24) is 9.80 Å². The van der Waals surface area contributed by atoms with Crippen molar-refractivity contribution in [3.05, 3.63) is 29.8 Å². The molecule has 1 aromatic rings. The van der Waals surface area contributed by atoms with Crippen molar-refractivity contribution < 1.29 is 14.4 Å². The lowest BCUT2D eigenvalue weighted by molar-refractivity contribution is -0.138. The van der Waals surface area contributed by atoms with Gasteiger partial charge < -0.3 is 9.80 Å². The van der Waals surface area contributed by atoms with Crippen molar-refractivity contribution in [3.63, 3.8) is 0 Å². The molecule has 2 saturated carbocycles. The van der Waals surface area contributed by atoms with E-state index in [0.717, 1.165) is 25.7 Å². The van der Waals surface area contributed by atoms with Gasteiger partial charge in [-0.2, -0.15) is 0 Å². The average molecular weight is 410 g/mol. The standard InChI is InChI=1S/C24H31N3O3/c1-24-15-14-21(28)27(24)20-13-7-6-12-19(20)23(30)25(24)16-22(29)26(17-8-2-3-9-17)18-10-4-5-11-18/h6-7,12-13,17-18H,2-5,8-11,14-16H2,1H3. The van der Waals surface area contributed by atoms with Crippen LogP contribution in [0.5, 0.6) is 0 Å². The molecule has 1 atom stereocenters. The van der Waals surface area contributed by atoms with Gasteiger partial charge in [0.05, 0.1) is 11.3 Å².